The molecule has 0 aromatic carbocycles. The monoisotopic (exact) mass is 444 g/mol. The van der Waals surface area contributed by atoms with E-state index in [1.807, 2.05) is 6.92 Å². The Morgan fingerprint density at radius 1 is 1.00 bits per heavy atom. The highest BCUT2D eigenvalue weighted by Crippen LogP contribution is 2.68. The van der Waals surface area contributed by atoms with Gasteiger partial charge in [-0.3, -0.25) is 4.79 Å². The van der Waals surface area contributed by atoms with Crippen LogP contribution in [0.2, 0.25) is 18.1 Å². The summed E-state index contributed by atoms with van der Waals surface area (Å²) in [6.07, 6.45) is 9.98. The molecule has 0 bridgehead atoms. The van der Waals surface area contributed by atoms with Gasteiger partial charge >= 0.3 is 0 Å². The summed E-state index contributed by atoms with van der Waals surface area (Å²) in [7, 11) is -1.88. The summed E-state index contributed by atoms with van der Waals surface area (Å²) in [6, 6.07) is 0. The van der Waals surface area contributed by atoms with Crippen molar-refractivity contribution in [3.8, 4) is 0 Å². The molecule has 0 aromatic rings. The van der Waals surface area contributed by atoms with E-state index in [4.69, 9.17) is 4.43 Å². The van der Waals surface area contributed by atoms with Crippen molar-refractivity contribution in [1.29, 1.82) is 0 Å². The van der Waals surface area contributed by atoms with E-state index >= 15 is 0 Å². The minimum absolute atomic E-state index is 0.213. The molecule has 0 amide bonds. The van der Waals surface area contributed by atoms with Crippen LogP contribution in [-0.4, -0.2) is 14.1 Å². The van der Waals surface area contributed by atoms with Crippen LogP contribution in [0, 0.1) is 40.4 Å². The Kier molecular flexibility index (Phi) is 5.68. The number of fused-ring (bicyclic) bond motifs is 5. The highest BCUT2D eigenvalue weighted by molar-refractivity contribution is 6.74. The molecule has 0 heterocycles. The van der Waals surface area contributed by atoms with E-state index in [-0.39, 0.29) is 16.4 Å². The van der Waals surface area contributed by atoms with E-state index in [1.54, 1.807) is 5.57 Å². The number of ketones is 1. The number of allylic oxidation sites excluding steroid dienone is 2. The van der Waals surface area contributed by atoms with Crippen molar-refractivity contribution in [1.82, 2.24) is 0 Å². The highest BCUT2D eigenvalue weighted by Gasteiger charge is 2.61. The van der Waals surface area contributed by atoms with E-state index in [1.165, 1.54) is 44.3 Å². The zero-order valence-corrected chi connectivity index (χ0v) is 22.9. The number of Topliss-reactive ketones (excluding diaryl/α,β-unsaturated/α-hetero) is 1. The summed E-state index contributed by atoms with van der Waals surface area (Å²) in [6.45, 7) is 21.3. The van der Waals surface area contributed by atoms with E-state index in [0.717, 1.165) is 24.7 Å². The van der Waals surface area contributed by atoms with Crippen LogP contribution in [0.4, 0.5) is 0 Å². The SMILES string of the molecule is CC(=O)[C@H]1CC[C@H]2[C@@H]3CC(O[Si](C)(C)C(C)(C)C)=C4C[C@@H](C)CC[C@]4(C)[C@H]3CC[C@]12C. The van der Waals surface area contributed by atoms with Crippen molar-refractivity contribution in [3.05, 3.63) is 11.3 Å². The van der Waals surface area contributed by atoms with E-state index in [9.17, 15) is 4.79 Å². The van der Waals surface area contributed by atoms with Crippen molar-refractivity contribution in [3.63, 3.8) is 0 Å². The fraction of sp³-hybridized carbons (Fsp3) is 0.893. The molecule has 3 heteroatoms. The van der Waals surface area contributed by atoms with E-state index in [0.29, 0.717) is 23.0 Å². The highest BCUT2D eigenvalue weighted by atomic mass is 28.4. The maximum atomic E-state index is 12.5. The summed E-state index contributed by atoms with van der Waals surface area (Å²) < 4.78 is 7.18. The Hall–Kier alpha value is -0.573. The maximum absolute atomic E-state index is 12.5. The molecule has 4 rings (SSSR count). The molecule has 176 valence electrons. The molecule has 0 spiro atoms. The van der Waals surface area contributed by atoms with Crippen LogP contribution in [0.25, 0.3) is 0 Å². The van der Waals surface area contributed by atoms with Gasteiger partial charge in [0.1, 0.15) is 5.78 Å². The standard InChI is InChI=1S/C28H48O2Si/c1-18-12-14-28(7)23-13-15-27(6)21(19(2)29)10-11-22(27)20(23)17-25(24(28)16-18)30-31(8,9)26(3,4)5/h18,20-23H,10-17H2,1-9H3/t18-,20-,21+,22-,23-,27+,28+/m0/s1. The lowest BCUT2D eigenvalue weighted by Crippen LogP contribution is -2.52. The first kappa shape index (κ1) is 23.6. The van der Waals surface area contributed by atoms with Crippen molar-refractivity contribution in [2.45, 2.75) is 118 Å². The molecule has 4 aliphatic carbocycles. The van der Waals surface area contributed by atoms with Gasteiger partial charge in [0, 0.05) is 12.3 Å². The molecule has 4 aliphatic rings. The lowest BCUT2D eigenvalue weighted by atomic mass is 9.46. The van der Waals surface area contributed by atoms with Crippen LogP contribution < -0.4 is 0 Å². The second-order valence-corrected chi connectivity index (χ2v) is 18.6. The van der Waals surface area contributed by atoms with Crippen LogP contribution in [0.1, 0.15) is 99.8 Å². The Morgan fingerprint density at radius 3 is 2.29 bits per heavy atom. The first-order valence-electron chi connectivity index (χ1n) is 13.1. The van der Waals surface area contributed by atoms with Crippen molar-refractivity contribution >= 4 is 14.1 Å². The average molecular weight is 445 g/mol. The molecule has 2 nitrogen and oxygen atoms in total. The third kappa shape index (κ3) is 3.60. The Balaban J connectivity index is 1.75. The smallest absolute Gasteiger partial charge is 0.250 e. The van der Waals surface area contributed by atoms with Crippen LogP contribution in [0.3, 0.4) is 0 Å². The number of carbonyl (C=O) groups excluding carboxylic acids is 1. The van der Waals surface area contributed by atoms with Gasteiger partial charge in [-0.15, -0.1) is 0 Å². The molecule has 7 atom stereocenters. The predicted molar refractivity (Wildman–Crippen MR) is 132 cm³/mol. The topological polar surface area (TPSA) is 26.3 Å². The molecule has 3 saturated carbocycles. The molecule has 0 saturated heterocycles. The van der Waals surface area contributed by atoms with Crippen LogP contribution >= 0.6 is 0 Å². The van der Waals surface area contributed by atoms with Gasteiger partial charge in [-0.2, -0.15) is 0 Å². The molecule has 0 aromatic heterocycles. The molecule has 0 aliphatic heterocycles. The fourth-order valence-electron chi connectivity index (χ4n) is 8.16. The summed E-state index contributed by atoms with van der Waals surface area (Å²) in [4.78, 5) is 12.5. The minimum Gasteiger partial charge on any atom is -0.547 e. The molecular formula is C28H48O2Si. The van der Waals surface area contributed by atoms with Gasteiger partial charge in [-0.1, -0.05) is 41.5 Å². The molecule has 3 fully saturated rings. The van der Waals surface area contributed by atoms with Crippen molar-refractivity contribution in [2.24, 2.45) is 40.4 Å². The molecule has 0 unspecified atom stereocenters. The Morgan fingerprint density at radius 2 is 1.68 bits per heavy atom. The van der Waals surface area contributed by atoms with Crippen molar-refractivity contribution in [2.75, 3.05) is 0 Å². The average Bonchev–Trinajstić information content (AvgIpc) is 2.99. The zero-order valence-electron chi connectivity index (χ0n) is 21.9. The quantitative estimate of drug-likeness (QED) is 0.411. The number of rotatable bonds is 3. The second-order valence-electron chi connectivity index (χ2n) is 13.9. The Bertz CT molecular complexity index is 774. The third-order valence-electron chi connectivity index (χ3n) is 11.1. The van der Waals surface area contributed by atoms with Gasteiger partial charge in [0.05, 0.1) is 5.76 Å². The lowest BCUT2D eigenvalue weighted by Gasteiger charge is -2.59. The predicted octanol–water partition coefficient (Wildman–Crippen LogP) is 8.14. The normalized spacial score (nSPS) is 43.2. The summed E-state index contributed by atoms with van der Waals surface area (Å²) >= 11 is 0. The third-order valence-corrected chi connectivity index (χ3v) is 15.5. The van der Waals surface area contributed by atoms with Gasteiger partial charge in [0.15, 0.2) is 0 Å². The van der Waals surface area contributed by atoms with E-state index < -0.39 is 8.32 Å². The van der Waals surface area contributed by atoms with Crippen LogP contribution in [0.15, 0.2) is 11.3 Å². The summed E-state index contributed by atoms with van der Waals surface area (Å²) in [5.41, 5.74) is 2.22. The lowest BCUT2D eigenvalue weighted by molar-refractivity contribution is -0.127. The minimum atomic E-state index is -1.88. The Labute approximate surface area is 193 Å². The van der Waals surface area contributed by atoms with Gasteiger partial charge in [-0.25, -0.2) is 0 Å². The van der Waals surface area contributed by atoms with Gasteiger partial charge in [-0.05, 0) is 110 Å². The maximum Gasteiger partial charge on any atom is 0.250 e. The number of hydrogen-bond donors (Lipinski definition) is 0. The first-order chi connectivity index (χ1) is 14.2. The molecular weight excluding hydrogens is 396 g/mol. The summed E-state index contributed by atoms with van der Waals surface area (Å²) in [5, 5.41) is 0.224. The van der Waals surface area contributed by atoms with Gasteiger partial charge in [0.25, 0.3) is 0 Å². The fourth-order valence-corrected chi connectivity index (χ4v) is 9.28. The number of hydrogen-bond acceptors (Lipinski definition) is 2. The van der Waals surface area contributed by atoms with Crippen molar-refractivity contribution < 1.29 is 9.22 Å². The van der Waals surface area contributed by atoms with Gasteiger partial charge in [0.2, 0.25) is 8.32 Å². The molecule has 31 heavy (non-hydrogen) atoms. The number of carbonyl (C=O) groups is 1. The second kappa shape index (κ2) is 7.47. The largest absolute Gasteiger partial charge is 0.547 e. The molecule has 0 radical (unpaired) electrons. The van der Waals surface area contributed by atoms with Crippen LogP contribution in [-0.2, 0) is 9.22 Å². The molecule has 0 N–H and O–H groups in total. The van der Waals surface area contributed by atoms with Crippen LogP contribution in [0.5, 0.6) is 0 Å². The zero-order chi connectivity index (χ0) is 23.0. The first-order valence-corrected chi connectivity index (χ1v) is 16.0. The summed E-state index contributed by atoms with van der Waals surface area (Å²) in [5.74, 6) is 5.07. The van der Waals surface area contributed by atoms with E-state index in [2.05, 4.69) is 54.6 Å². The van der Waals surface area contributed by atoms with Gasteiger partial charge < -0.3 is 4.43 Å².